The van der Waals surface area contributed by atoms with Gasteiger partial charge in [-0.15, -0.1) is 0 Å². The number of hydrogen-bond acceptors (Lipinski definition) is 1. The Bertz CT molecular complexity index is 810. The summed E-state index contributed by atoms with van der Waals surface area (Å²) >= 11 is 6.36. The minimum atomic E-state index is -0.331. The highest BCUT2D eigenvalue weighted by molar-refractivity contribution is 6.32. The van der Waals surface area contributed by atoms with E-state index in [-0.39, 0.29) is 12.4 Å². The Morgan fingerprint density at radius 2 is 1.90 bits per heavy atom. The summed E-state index contributed by atoms with van der Waals surface area (Å²) in [4.78, 5) is 0. The molecule has 108 valence electrons. The number of para-hydroxylation sites is 1. The molecule has 1 aromatic heterocycles. The zero-order chi connectivity index (χ0) is 15.0. The van der Waals surface area contributed by atoms with Crippen LogP contribution >= 0.6 is 11.6 Å². The first-order valence-electron chi connectivity index (χ1n) is 6.74. The average Bonchev–Trinajstić information content (AvgIpc) is 2.75. The highest BCUT2D eigenvalue weighted by atomic mass is 35.5. The van der Waals surface area contributed by atoms with Crippen molar-refractivity contribution in [2.75, 3.05) is 0 Å². The number of aliphatic hydroxyl groups excluding tert-OH is 1. The van der Waals surface area contributed by atoms with Crippen LogP contribution in [0.2, 0.25) is 5.15 Å². The lowest BCUT2D eigenvalue weighted by Gasteiger charge is -2.10. The summed E-state index contributed by atoms with van der Waals surface area (Å²) in [6, 6.07) is 12.7. The normalized spacial score (nSPS) is 11.2. The van der Waals surface area contributed by atoms with Gasteiger partial charge in [-0.3, -0.25) is 0 Å². The highest BCUT2D eigenvalue weighted by Crippen LogP contribution is 2.32. The second-order valence-corrected chi connectivity index (χ2v) is 5.43. The Labute approximate surface area is 127 Å². The molecule has 0 aliphatic carbocycles. The number of halogens is 2. The largest absolute Gasteiger partial charge is 0.392 e. The predicted octanol–water partition coefficient (Wildman–Crippen LogP) is 4.28. The first-order valence-corrected chi connectivity index (χ1v) is 7.11. The summed E-state index contributed by atoms with van der Waals surface area (Å²) in [6.45, 7) is 2.28. The fourth-order valence-electron chi connectivity index (χ4n) is 2.66. The average molecular weight is 304 g/mol. The van der Waals surface area contributed by atoms with Crippen molar-refractivity contribution < 1.29 is 9.50 Å². The van der Waals surface area contributed by atoms with E-state index in [9.17, 15) is 9.50 Å². The third-order valence-corrected chi connectivity index (χ3v) is 4.25. The summed E-state index contributed by atoms with van der Waals surface area (Å²) in [5.41, 5.74) is 3.20. The molecule has 0 saturated heterocycles. The Morgan fingerprint density at radius 1 is 1.14 bits per heavy atom. The first kappa shape index (κ1) is 14.1. The summed E-state index contributed by atoms with van der Waals surface area (Å²) in [5, 5.41) is 10.6. The molecule has 3 aromatic rings. The van der Waals surface area contributed by atoms with Crippen LogP contribution in [-0.4, -0.2) is 9.67 Å². The number of nitrogens with zero attached hydrogens (tertiary/aromatic N) is 1. The molecule has 0 unspecified atom stereocenters. The number of benzene rings is 2. The molecule has 1 N–H and O–H groups in total. The van der Waals surface area contributed by atoms with E-state index in [1.807, 2.05) is 31.2 Å². The van der Waals surface area contributed by atoms with Crippen LogP contribution in [0.4, 0.5) is 4.39 Å². The van der Waals surface area contributed by atoms with Gasteiger partial charge in [-0.1, -0.05) is 48.0 Å². The second-order valence-electron chi connectivity index (χ2n) is 5.08. The van der Waals surface area contributed by atoms with Crippen LogP contribution in [0.5, 0.6) is 0 Å². The molecule has 0 saturated carbocycles. The van der Waals surface area contributed by atoms with Gasteiger partial charge in [0.15, 0.2) is 0 Å². The molecule has 3 rings (SSSR count). The minimum absolute atomic E-state index is 0.209. The molecule has 4 heteroatoms. The zero-order valence-electron chi connectivity index (χ0n) is 11.6. The highest BCUT2D eigenvalue weighted by Gasteiger charge is 2.18. The molecule has 0 radical (unpaired) electrons. The Balaban J connectivity index is 2.23. The number of rotatable bonds is 3. The molecule has 21 heavy (non-hydrogen) atoms. The number of aliphatic hydroxyl groups is 1. The van der Waals surface area contributed by atoms with Crippen molar-refractivity contribution in [3.8, 4) is 0 Å². The summed E-state index contributed by atoms with van der Waals surface area (Å²) in [7, 11) is 0. The Kier molecular flexibility index (Phi) is 3.70. The van der Waals surface area contributed by atoms with Gasteiger partial charge < -0.3 is 9.67 Å². The van der Waals surface area contributed by atoms with E-state index >= 15 is 0 Å². The maximum Gasteiger partial charge on any atom is 0.147 e. The van der Waals surface area contributed by atoms with Gasteiger partial charge in [0.2, 0.25) is 0 Å². The molecule has 0 bridgehead atoms. The fraction of sp³-hybridized carbons (Fsp3) is 0.176. The number of hydrogen-bond donors (Lipinski definition) is 1. The van der Waals surface area contributed by atoms with Gasteiger partial charge in [0.25, 0.3) is 0 Å². The van der Waals surface area contributed by atoms with Gasteiger partial charge in [-0.25, -0.2) is 4.39 Å². The van der Waals surface area contributed by atoms with Crippen LogP contribution in [0.3, 0.4) is 0 Å². The van der Waals surface area contributed by atoms with Crippen molar-refractivity contribution in [1.82, 2.24) is 4.57 Å². The molecule has 2 nitrogen and oxygen atoms in total. The molecule has 0 fully saturated rings. The van der Waals surface area contributed by atoms with Crippen molar-refractivity contribution in [3.63, 3.8) is 0 Å². The van der Waals surface area contributed by atoms with Crippen LogP contribution in [0.1, 0.15) is 16.7 Å². The monoisotopic (exact) mass is 303 g/mol. The molecular weight excluding hydrogens is 289 g/mol. The van der Waals surface area contributed by atoms with Crippen molar-refractivity contribution in [2.24, 2.45) is 0 Å². The summed E-state index contributed by atoms with van der Waals surface area (Å²) in [5.74, 6) is -0.331. The molecule has 1 heterocycles. The second kappa shape index (κ2) is 5.51. The van der Waals surface area contributed by atoms with E-state index < -0.39 is 0 Å². The van der Waals surface area contributed by atoms with Gasteiger partial charge in [-0.05, 0) is 24.1 Å². The lowest BCUT2D eigenvalue weighted by atomic mass is 10.1. The molecule has 0 spiro atoms. The topological polar surface area (TPSA) is 25.2 Å². The standard InChI is InChI=1S/C17H15ClFNO/c1-11-5-2-3-6-12(11)9-20-16-13(7-4-8-15(16)19)14(10-21)17(20)18/h2-8,21H,9-10H2,1H3. The van der Waals surface area contributed by atoms with Gasteiger partial charge in [0.1, 0.15) is 11.0 Å². The van der Waals surface area contributed by atoms with Gasteiger partial charge in [0.05, 0.1) is 12.1 Å². The third-order valence-electron chi connectivity index (χ3n) is 3.82. The van der Waals surface area contributed by atoms with Gasteiger partial charge in [0, 0.05) is 17.5 Å². The quantitative estimate of drug-likeness (QED) is 0.767. The van der Waals surface area contributed by atoms with E-state index in [1.54, 1.807) is 16.7 Å². The number of aryl methyl sites for hydroxylation is 1. The third kappa shape index (κ3) is 2.33. The molecule has 0 atom stereocenters. The number of fused-ring (bicyclic) bond motifs is 1. The summed E-state index contributed by atoms with van der Waals surface area (Å²) < 4.78 is 15.9. The van der Waals surface area contributed by atoms with Gasteiger partial charge in [-0.2, -0.15) is 0 Å². The molecular formula is C17H15ClFNO. The molecule has 2 aromatic carbocycles. The lowest BCUT2D eigenvalue weighted by molar-refractivity contribution is 0.283. The van der Waals surface area contributed by atoms with E-state index in [4.69, 9.17) is 11.6 Å². The molecule has 0 amide bonds. The van der Waals surface area contributed by atoms with Crippen LogP contribution in [0, 0.1) is 12.7 Å². The van der Waals surface area contributed by atoms with E-state index in [0.29, 0.717) is 28.2 Å². The molecule has 0 aliphatic rings. The fourth-order valence-corrected chi connectivity index (χ4v) is 2.97. The van der Waals surface area contributed by atoms with E-state index in [2.05, 4.69) is 0 Å². The first-order chi connectivity index (χ1) is 10.1. The predicted molar refractivity (Wildman–Crippen MR) is 83.1 cm³/mol. The van der Waals surface area contributed by atoms with Crippen molar-refractivity contribution in [2.45, 2.75) is 20.1 Å². The van der Waals surface area contributed by atoms with Crippen molar-refractivity contribution >= 4 is 22.5 Å². The van der Waals surface area contributed by atoms with E-state index in [1.165, 1.54) is 6.07 Å². The molecule has 0 aliphatic heterocycles. The van der Waals surface area contributed by atoms with E-state index in [0.717, 1.165) is 11.1 Å². The maximum atomic E-state index is 14.2. The smallest absolute Gasteiger partial charge is 0.147 e. The SMILES string of the molecule is Cc1ccccc1Cn1c(Cl)c(CO)c2cccc(F)c21. The van der Waals surface area contributed by atoms with Crippen LogP contribution in [0.25, 0.3) is 10.9 Å². The minimum Gasteiger partial charge on any atom is -0.392 e. The Hall–Kier alpha value is -1.84. The lowest BCUT2D eigenvalue weighted by Crippen LogP contribution is -2.02. The van der Waals surface area contributed by atoms with Crippen molar-refractivity contribution in [3.05, 3.63) is 70.1 Å². The number of aromatic nitrogens is 1. The summed E-state index contributed by atoms with van der Waals surface area (Å²) in [6.07, 6.45) is 0. The zero-order valence-corrected chi connectivity index (χ0v) is 12.4. The Morgan fingerprint density at radius 3 is 2.62 bits per heavy atom. The maximum absolute atomic E-state index is 14.2. The van der Waals surface area contributed by atoms with Crippen LogP contribution in [-0.2, 0) is 13.2 Å². The van der Waals surface area contributed by atoms with Crippen molar-refractivity contribution in [1.29, 1.82) is 0 Å². The van der Waals surface area contributed by atoms with Gasteiger partial charge >= 0.3 is 0 Å². The van der Waals surface area contributed by atoms with Crippen LogP contribution in [0.15, 0.2) is 42.5 Å². The van der Waals surface area contributed by atoms with Crippen LogP contribution < -0.4 is 0 Å².